The molecule has 2 aromatic heterocycles. The third-order valence-electron chi connectivity index (χ3n) is 4.93. The average molecular weight is 448 g/mol. The number of benzene rings is 2. The lowest BCUT2D eigenvalue weighted by atomic mass is 10.1. The van der Waals surface area contributed by atoms with Crippen molar-refractivity contribution < 1.29 is 13.6 Å². The number of rotatable bonds is 5. The van der Waals surface area contributed by atoms with Crippen LogP contribution in [-0.2, 0) is 6.42 Å². The molecule has 0 saturated carbocycles. The Kier molecular flexibility index (Phi) is 6.39. The van der Waals surface area contributed by atoms with E-state index in [4.69, 9.17) is 0 Å². The van der Waals surface area contributed by atoms with Gasteiger partial charge in [-0.05, 0) is 74.4 Å². The molecular weight excluding hydrogens is 426 g/mol. The van der Waals surface area contributed by atoms with Crippen LogP contribution in [0.4, 0.5) is 14.7 Å². The van der Waals surface area contributed by atoms with E-state index in [0.717, 1.165) is 27.9 Å². The van der Waals surface area contributed by atoms with Gasteiger partial charge in [-0.1, -0.05) is 0 Å². The summed E-state index contributed by atoms with van der Waals surface area (Å²) < 4.78 is 26.8. The second-order valence-corrected chi connectivity index (χ2v) is 7.54. The van der Waals surface area contributed by atoms with Crippen LogP contribution in [0.5, 0.6) is 0 Å². The number of guanidine groups is 1. The molecule has 7 nitrogen and oxygen atoms in total. The number of aryl methyl sites for hydroxylation is 2. The number of carbonyl (C=O) groups excluding carboxylic acids is 1. The van der Waals surface area contributed by atoms with Crippen LogP contribution in [0.15, 0.2) is 59.7 Å². The maximum atomic E-state index is 13.6. The van der Waals surface area contributed by atoms with Crippen molar-refractivity contribution in [2.45, 2.75) is 20.3 Å². The van der Waals surface area contributed by atoms with Crippen LogP contribution in [0, 0.1) is 25.5 Å². The van der Waals surface area contributed by atoms with Crippen molar-refractivity contribution in [1.82, 2.24) is 20.3 Å². The fourth-order valence-electron chi connectivity index (χ4n) is 3.42. The smallest absolute Gasteiger partial charge is 0.257 e. The Balaban J connectivity index is 1.55. The number of amides is 1. The summed E-state index contributed by atoms with van der Waals surface area (Å²) in [5, 5.41) is 6.43. The molecule has 2 heterocycles. The number of hydrogen-bond donors (Lipinski definition) is 3. The zero-order valence-corrected chi connectivity index (χ0v) is 18.1. The molecule has 0 bridgehead atoms. The molecule has 0 atom stereocenters. The Hall–Kier alpha value is -4.14. The van der Waals surface area contributed by atoms with Crippen molar-refractivity contribution in [2.24, 2.45) is 4.99 Å². The fraction of sp³-hybridized carbons (Fsp3) is 0.167. The minimum Gasteiger partial charge on any atom is -0.361 e. The maximum Gasteiger partial charge on any atom is 0.257 e. The summed E-state index contributed by atoms with van der Waals surface area (Å²) in [5.74, 6) is -0.759. The Morgan fingerprint density at radius 2 is 1.70 bits per heavy atom. The minimum atomic E-state index is -0.459. The number of aliphatic imine (C=N–C) groups is 1. The van der Waals surface area contributed by atoms with Crippen molar-refractivity contribution in [2.75, 3.05) is 11.9 Å². The van der Waals surface area contributed by atoms with Crippen LogP contribution in [-0.4, -0.2) is 33.4 Å². The van der Waals surface area contributed by atoms with Gasteiger partial charge in [0.15, 0.2) is 0 Å². The molecule has 0 aliphatic rings. The summed E-state index contributed by atoms with van der Waals surface area (Å²) in [6, 6.07) is 11.6. The van der Waals surface area contributed by atoms with Gasteiger partial charge in [-0.3, -0.25) is 20.4 Å². The largest absolute Gasteiger partial charge is 0.361 e. The standard InChI is InChI=1S/C24H22F2N6O/c1-14-11-15(2)30-24(29-14)32-23(31-22(33)16-3-5-18(25)6-4-16)27-10-9-17-13-28-21-8-7-19(26)12-20(17)21/h3-8,11-13,28H,9-10H2,1-2H3,(H2,27,29,30,31,32,33). The first-order chi connectivity index (χ1) is 15.9. The molecule has 0 fully saturated rings. The van der Waals surface area contributed by atoms with E-state index in [9.17, 15) is 13.6 Å². The van der Waals surface area contributed by atoms with Crippen molar-refractivity contribution in [3.8, 4) is 0 Å². The predicted molar refractivity (Wildman–Crippen MR) is 123 cm³/mol. The molecule has 0 saturated heterocycles. The van der Waals surface area contributed by atoms with E-state index in [1.165, 1.54) is 36.4 Å². The van der Waals surface area contributed by atoms with E-state index in [1.54, 1.807) is 6.07 Å². The topological polar surface area (TPSA) is 95.1 Å². The number of nitrogens with one attached hydrogen (secondary N) is 3. The Morgan fingerprint density at radius 1 is 1.00 bits per heavy atom. The number of fused-ring (bicyclic) bond motifs is 1. The van der Waals surface area contributed by atoms with E-state index < -0.39 is 11.7 Å². The van der Waals surface area contributed by atoms with Crippen molar-refractivity contribution >= 4 is 28.7 Å². The number of aromatic amines is 1. The molecule has 0 radical (unpaired) electrons. The summed E-state index contributed by atoms with van der Waals surface area (Å²) in [5.41, 5.74) is 3.53. The SMILES string of the molecule is Cc1cc(C)nc(NC(=NCCc2c[nH]c3ccc(F)cc23)NC(=O)c2ccc(F)cc2)n1. The Bertz CT molecular complexity index is 1310. The number of hydrogen-bond acceptors (Lipinski definition) is 4. The monoisotopic (exact) mass is 448 g/mol. The summed E-state index contributed by atoms with van der Waals surface area (Å²) >= 11 is 0. The molecule has 4 aromatic rings. The van der Waals surface area contributed by atoms with Gasteiger partial charge < -0.3 is 4.98 Å². The zero-order valence-electron chi connectivity index (χ0n) is 18.1. The third-order valence-corrected chi connectivity index (χ3v) is 4.93. The number of H-pyrrole nitrogens is 1. The number of nitrogens with zero attached hydrogens (tertiary/aromatic N) is 3. The second kappa shape index (κ2) is 9.56. The lowest BCUT2D eigenvalue weighted by Crippen LogP contribution is -2.37. The van der Waals surface area contributed by atoms with E-state index in [1.807, 2.05) is 26.1 Å². The molecule has 0 unspecified atom stereocenters. The maximum absolute atomic E-state index is 13.6. The first-order valence-corrected chi connectivity index (χ1v) is 10.3. The summed E-state index contributed by atoms with van der Waals surface area (Å²) in [7, 11) is 0. The molecule has 0 aliphatic heterocycles. The molecule has 2 aromatic carbocycles. The van der Waals surface area contributed by atoms with Gasteiger partial charge in [-0.25, -0.2) is 18.7 Å². The Morgan fingerprint density at radius 3 is 2.42 bits per heavy atom. The molecule has 4 rings (SSSR count). The first kappa shape index (κ1) is 22.1. The van der Waals surface area contributed by atoms with Crippen LogP contribution in [0.25, 0.3) is 10.9 Å². The van der Waals surface area contributed by atoms with E-state index in [2.05, 4.69) is 30.6 Å². The summed E-state index contributed by atoms with van der Waals surface area (Å²) in [6.45, 7) is 3.98. The van der Waals surface area contributed by atoms with Gasteiger partial charge >= 0.3 is 0 Å². The molecule has 0 spiro atoms. The van der Waals surface area contributed by atoms with Gasteiger partial charge in [0.25, 0.3) is 5.91 Å². The van der Waals surface area contributed by atoms with Crippen LogP contribution in [0.3, 0.4) is 0 Å². The number of anilines is 1. The highest BCUT2D eigenvalue weighted by Crippen LogP contribution is 2.19. The van der Waals surface area contributed by atoms with Gasteiger partial charge in [0, 0.05) is 40.6 Å². The van der Waals surface area contributed by atoms with Crippen molar-refractivity contribution in [3.05, 3.63) is 88.9 Å². The van der Waals surface area contributed by atoms with Crippen molar-refractivity contribution in [1.29, 1.82) is 0 Å². The molecule has 1 amide bonds. The third kappa shape index (κ3) is 5.57. The molecule has 0 aliphatic carbocycles. The summed E-state index contributed by atoms with van der Waals surface area (Å²) in [6.07, 6.45) is 2.33. The number of aromatic nitrogens is 3. The van der Waals surface area contributed by atoms with Crippen LogP contribution < -0.4 is 10.6 Å². The summed E-state index contributed by atoms with van der Waals surface area (Å²) in [4.78, 5) is 28.9. The van der Waals surface area contributed by atoms with Crippen LogP contribution in [0.1, 0.15) is 27.3 Å². The predicted octanol–water partition coefficient (Wildman–Crippen LogP) is 4.29. The number of halogens is 2. The van der Waals surface area contributed by atoms with Gasteiger partial charge in [-0.2, -0.15) is 0 Å². The average Bonchev–Trinajstić information content (AvgIpc) is 3.15. The molecular formula is C24H22F2N6O. The van der Waals surface area contributed by atoms with E-state index in [-0.39, 0.29) is 17.3 Å². The highest BCUT2D eigenvalue weighted by atomic mass is 19.1. The van der Waals surface area contributed by atoms with Gasteiger partial charge in [0.2, 0.25) is 11.9 Å². The molecule has 33 heavy (non-hydrogen) atoms. The molecule has 168 valence electrons. The minimum absolute atomic E-state index is 0.153. The quantitative estimate of drug-likeness (QED) is 0.314. The molecule has 9 heteroatoms. The normalized spacial score (nSPS) is 11.6. The van der Waals surface area contributed by atoms with Crippen LogP contribution >= 0.6 is 0 Å². The second-order valence-electron chi connectivity index (χ2n) is 7.54. The van der Waals surface area contributed by atoms with Gasteiger partial charge in [-0.15, -0.1) is 0 Å². The highest BCUT2D eigenvalue weighted by Gasteiger charge is 2.12. The van der Waals surface area contributed by atoms with E-state index in [0.29, 0.717) is 18.9 Å². The fourth-order valence-corrected chi connectivity index (χ4v) is 3.42. The van der Waals surface area contributed by atoms with Crippen LogP contribution in [0.2, 0.25) is 0 Å². The first-order valence-electron chi connectivity index (χ1n) is 10.3. The zero-order chi connectivity index (χ0) is 23.4. The van der Waals surface area contributed by atoms with E-state index >= 15 is 0 Å². The lowest BCUT2D eigenvalue weighted by Gasteiger charge is -2.11. The molecule has 3 N–H and O–H groups in total. The lowest BCUT2D eigenvalue weighted by molar-refractivity contribution is 0.0977. The van der Waals surface area contributed by atoms with Crippen molar-refractivity contribution in [3.63, 3.8) is 0 Å². The number of carbonyl (C=O) groups is 1. The van der Waals surface area contributed by atoms with Gasteiger partial charge in [0.05, 0.1) is 0 Å². The Labute approximate surface area is 189 Å². The van der Waals surface area contributed by atoms with Gasteiger partial charge in [0.1, 0.15) is 11.6 Å². The highest BCUT2D eigenvalue weighted by molar-refractivity contribution is 6.09.